The highest BCUT2D eigenvalue weighted by atomic mass is 16.3. The highest BCUT2D eigenvalue weighted by molar-refractivity contribution is 5.76. The van der Waals surface area contributed by atoms with Crippen molar-refractivity contribution in [1.29, 1.82) is 0 Å². The fraction of sp³-hybridized carbons (Fsp3) is 0.722. The summed E-state index contributed by atoms with van der Waals surface area (Å²) < 4.78 is 5.85. The summed E-state index contributed by atoms with van der Waals surface area (Å²) in [7, 11) is 2.16. The SMILES string of the molecule is C[C@@H]1C[C@H]1c1ccc(CCC(=O)NCCN2CCN(C)CC2)o1. The largest absolute Gasteiger partial charge is 0.466 e. The number of piperazine rings is 1. The van der Waals surface area contributed by atoms with Crippen LogP contribution in [0.1, 0.15) is 37.2 Å². The lowest BCUT2D eigenvalue weighted by Gasteiger charge is -2.32. The Morgan fingerprint density at radius 3 is 2.74 bits per heavy atom. The van der Waals surface area contributed by atoms with Crippen LogP contribution in [0.15, 0.2) is 16.5 Å². The minimum atomic E-state index is 0.122. The Hall–Kier alpha value is -1.33. The highest BCUT2D eigenvalue weighted by Crippen LogP contribution is 2.47. The Morgan fingerprint density at radius 2 is 2.04 bits per heavy atom. The maximum Gasteiger partial charge on any atom is 0.220 e. The Balaban J connectivity index is 1.30. The third kappa shape index (κ3) is 4.82. The lowest BCUT2D eigenvalue weighted by Crippen LogP contribution is -2.46. The molecule has 1 saturated carbocycles. The summed E-state index contributed by atoms with van der Waals surface area (Å²) in [4.78, 5) is 16.7. The molecule has 5 heteroatoms. The number of nitrogens with one attached hydrogen (secondary N) is 1. The predicted molar refractivity (Wildman–Crippen MR) is 90.5 cm³/mol. The van der Waals surface area contributed by atoms with Gasteiger partial charge in [-0.15, -0.1) is 0 Å². The van der Waals surface area contributed by atoms with E-state index in [1.165, 1.54) is 6.42 Å². The minimum absolute atomic E-state index is 0.122. The van der Waals surface area contributed by atoms with E-state index < -0.39 is 0 Å². The van der Waals surface area contributed by atoms with Crippen molar-refractivity contribution in [3.63, 3.8) is 0 Å². The smallest absolute Gasteiger partial charge is 0.220 e. The molecule has 0 bridgehead atoms. The number of hydrogen-bond donors (Lipinski definition) is 1. The fourth-order valence-corrected chi connectivity index (χ4v) is 3.20. The van der Waals surface area contributed by atoms with Crippen LogP contribution in [0.25, 0.3) is 0 Å². The summed E-state index contributed by atoms with van der Waals surface area (Å²) in [6.45, 7) is 8.38. The van der Waals surface area contributed by atoms with Crippen molar-refractivity contribution in [3.8, 4) is 0 Å². The van der Waals surface area contributed by atoms with Crippen LogP contribution in [0.4, 0.5) is 0 Å². The van der Waals surface area contributed by atoms with Gasteiger partial charge in [-0.3, -0.25) is 9.69 Å². The van der Waals surface area contributed by atoms with Gasteiger partial charge < -0.3 is 14.6 Å². The van der Waals surface area contributed by atoms with Crippen molar-refractivity contribution in [3.05, 3.63) is 23.7 Å². The summed E-state index contributed by atoms with van der Waals surface area (Å²) in [6.07, 6.45) is 2.44. The number of carbonyl (C=O) groups excluding carboxylic acids is 1. The van der Waals surface area contributed by atoms with Gasteiger partial charge in [0.2, 0.25) is 5.91 Å². The van der Waals surface area contributed by atoms with Gasteiger partial charge >= 0.3 is 0 Å². The van der Waals surface area contributed by atoms with Crippen LogP contribution < -0.4 is 5.32 Å². The van der Waals surface area contributed by atoms with E-state index in [9.17, 15) is 4.79 Å². The zero-order valence-corrected chi connectivity index (χ0v) is 14.4. The van der Waals surface area contributed by atoms with Crippen LogP contribution in [-0.2, 0) is 11.2 Å². The first-order valence-corrected chi connectivity index (χ1v) is 8.88. The molecule has 1 amide bonds. The highest BCUT2D eigenvalue weighted by Gasteiger charge is 2.36. The minimum Gasteiger partial charge on any atom is -0.466 e. The normalized spacial score (nSPS) is 25.5. The second-order valence-electron chi connectivity index (χ2n) is 7.12. The first-order chi connectivity index (χ1) is 11.1. The van der Waals surface area contributed by atoms with Crippen LogP contribution in [-0.4, -0.2) is 62.0 Å². The molecule has 2 aliphatic rings. The summed E-state index contributed by atoms with van der Waals surface area (Å²) in [5, 5.41) is 3.02. The molecule has 23 heavy (non-hydrogen) atoms. The zero-order chi connectivity index (χ0) is 16.2. The van der Waals surface area contributed by atoms with Gasteiger partial charge in [-0.1, -0.05) is 6.92 Å². The van der Waals surface area contributed by atoms with Crippen molar-refractivity contribution >= 4 is 5.91 Å². The van der Waals surface area contributed by atoms with E-state index in [1.807, 2.05) is 6.07 Å². The molecule has 1 aromatic heterocycles. The van der Waals surface area contributed by atoms with Crippen LogP contribution in [0.3, 0.4) is 0 Å². The number of aryl methyl sites for hydroxylation is 1. The van der Waals surface area contributed by atoms with E-state index in [-0.39, 0.29) is 5.91 Å². The summed E-state index contributed by atoms with van der Waals surface area (Å²) in [5.41, 5.74) is 0. The third-order valence-corrected chi connectivity index (χ3v) is 5.10. The number of carbonyl (C=O) groups is 1. The number of hydrogen-bond acceptors (Lipinski definition) is 4. The number of furan rings is 1. The van der Waals surface area contributed by atoms with E-state index in [0.717, 1.165) is 56.7 Å². The molecule has 0 spiro atoms. The predicted octanol–water partition coefficient (Wildman–Crippen LogP) is 1.70. The van der Waals surface area contributed by atoms with Crippen LogP contribution in [0.5, 0.6) is 0 Å². The molecule has 0 aromatic carbocycles. The molecular weight excluding hydrogens is 290 g/mol. The Labute approximate surface area is 139 Å². The Morgan fingerprint density at radius 1 is 1.30 bits per heavy atom. The summed E-state index contributed by atoms with van der Waals surface area (Å²) in [5.74, 6) is 3.53. The van der Waals surface area contributed by atoms with E-state index >= 15 is 0 Å². The molecule has 1 saturated heterocycles. The van der Waals surface area contributed by atoms with Gasteiger partial charge in [0.25, 0.3) is 0 Å². The first kappa shape index (κ1) is 16.5. The number of rotatable bonds is 7. The van der Waals surface area contributed by atoms with Crippen LogP contribution in [0.2, 0.25) is 0 Å². The fourth-order valence-electron chi connectivity index (χ4n) is 3.20. The molecule has 0 unspecified atom stereocenters. The van der Waals surface area contributed by atoms with Gasteiger partial charge in [-0.25, -0.2) is 0 Å². The maximum absolute atomic E-state index is 11.9. The molecule has 1 aromatic rings. The average molecular weight is 319 g/mol. The van der Waals surface area contributed by atoms with E-state index in [1.54, 1.807) is 0 Å². The third-order valence-electron chi connectivity index (χ3n) is 5.10. The van der Waals surface area contributed by atoms with Gasteiger partial charge in [-0.05, 0) is 31.5 Å². The second kappa shape index (κ2) is 7.49. The van der Waals surface area contributed by atoms with Crippen LogP contribution >= 0.6 is 0 Å². The molecule has 128 valence electrons. The summed E-state index contributed by atoms with van der Waals surface area (Å²) >= 11 is 0. The van der Waals surface area contributed by atoms with Crippen LogP contribution in [0, 0.1) is 5.92 Å². The number of nitrogens with zero attached hydrogens (tertiary/aromatic N) is 2. The molecule has 1 aliphatic heterocycles. The molecule has 2 atom stereocenters. The summed E-state index contributed by atoms with van der Waals surface area (Å²) in [6, 6.07) is 4.10. The van der Waals surface area contributed by atoms with Gasteiger partial charge in [0, 0.05) is 58.0 Å². The molecule has 2 fully saturated rings. The average Bonchev–Trinajstić information content (AvgIpc) is 3.09. The van der Waals surface area contributed by atoms with Crippen molar-refractivity contribution in [2.45, 2.75) is 32.1 Å². The zero-order valence-electron chi connectivity index (χ0n) is 14.4. The maximum atomic E-state index is 11.9. The molecule has 1 N–H and O–H groups in total. The van der Waals surface area contributed by atoms with E-state index in [0.29, 0.717) is 18.8 Å². The van der Waals surface area contributed by atoms with Crippen molar-refractivity contribution < 1.29 is 9.21 Å². The number of amides is 1. The molecule has 1 aliphatic carbocycles. The van der Waals surface area contributed by atoms with E-state index in [2.05, 4.69) is 35.2 Å². The van der Waals surface area contributed by atoms with Crippen molar-refractivity contribution in [2.75, 3.05) is 46.3 Å². The van der Waals surface area contributed by atoms with Gasteiger partial charge in [0.1, 0.15) is 11.5 Å². The molecular formula is C18H29N3O2. The van der Waals surface area contributed by atoms with E-state index in [4.69, 9.17) is 4.42 Å². The topological polar surface area (TPSA) is 48.7 Å². The second-order valence-corrected chi connectivity index (χ2v) is 7.12. The van der Waals surface area contributed by atoms with Gasteiger partial charge in [0.05, 0.1) is 0 Å². The molecule has 5 nitrogen and oxygen atoms in total. The Bertz CT molecular complexity index is 520. The lowest BCUT2D eigenvalue weighted by atomic mass is 10.2. The van der Waals surface area contributed by atoms with Crippen molar-refractivity contribution in [1.82, 2.24) is 15.1 Å². The number of likely N-dealkylation sites (N-methyl/N-ethyl adjacent to an activating group) is 1. The molecule has 3 rings (SSSR count). The van der Waals surface area contributed by atoms with Gasteiger partial charge in [0.15, 0.2) is 0 Å². The molecule has 0 radical (unpaired) electrons. The van der Waals surface area contributed by atoms with Crippen molar-refractivity contribution in [2.24, 2.45) is 5.92 Å². The molecule has 2 heterocycles. The quantitative estimate of drug-likeness (QED) is 0.831. The first-order valence-electron chi connectivity index (χ1n) is 8.88. The monoisotopic (exact) mass is 319 g/mol. The Kier molecular flexibility index (Phi) is 5.38. The lowest BCUT2D eigenvalue weighted by molar-refractivity contribution is -0.121. The van der Waals surface area contributed by atoms with Gasteiger partial charge in [-0.2, -0.15) is 0 Å². The standard InChI is InChI=1S/C18H29N3O2/c1-14-13-16(14)17-5-3-15(23-17)4-6-18(22)19-7-8-21-11-9-20(2)10-12-21/h3,5,14,16H,4,6-13H2,1-2H3,(H,19,22)/t14-,16-/m1/s1.